The molecule has 1 heterocycles. The van der Waals surface area contributed by atoms with E-state index in [-0.39, 0.29) is 6.61 Å². The lowest BCUT2D eigenvalue weighted by molar-refractivity contribution is 0.277. The lowest BCUT2D eigenvalue weighted by Crippen LogP contribution is -2.37. The average Bonchev–Trinajstić information content (AvgIpc) is 2.42. The van der Waals surface area contributed by atoms with Crippen molar-refractivity contribution in [3.8, 4) is 0 Å². The fourth-order valence-electron chi connectivity index (χ4n) is 2.74. The molecule has 1 fully saturated rings. The van der Waals surface area contributed by atoms with Crippen molar-refractivity contribution in [3.05, 3.63) is 22.8 Å². The largest absolute Gasteiger partial charge is 0.390 e. The number of halogens is 1. The van der Waals surface area contributed by atoms with Crippen molar-refractivity contribution >= 4 is 17.4 Å². The molecule has 0 atom stereocenters. The Morgan fingerprint density at radius 3 is 2.67 bits per heavy atom. The highest BCUT2D eigenvalue weighted by molar-refractivity contribution is 6.31. The van der Waals surface area contributed by atoms with Gasteiger partial charge >= 0.3 is 0 Å². The highest BCUT2D eigenvalue weighted by atomic mass is 35.5. The predicted molar refractivity (Wildman–Crippen MR) is 75.1 cm³/mol. The molecule has 1 aliphatic carbocycles. The van der Waals surface area contributed by atoms with Crippen molar-refractivity contribution in [2.45, 2.75) is 51.7 Å². The Bertz CT molecular complexity index is 391. The predicted octanol–water partition coefficient (Wildman–Crippen LogP) is 3.39. The van der Waals surface area contributed by atoms with Crippen LogP contribution in [0.25, 0.3) is 0 Å². The first kappa shape index (κ1) is 13.6. The van der Waals surface area contributed by atoms with Crippen molar-refractivity contribution in [1.82, 2.24) is 4.98 Å². The van der Waals surface area contributed by atoms with Gasteiger partial charge in [-0.05, 0) is 31.9 Å². The zero-order valence-electron chi connectivity index (χ0n) is 10.9. The molecule has 0 spiro atoms. The average molecular weight is 269 g/mol. The van der Waals surface area contributed by atoms with E-state index in [1.54, 1.807) is 0 Å². The van der Waals surface area contributed by atoms with Crippen LogP contribution in [0, 0.1) is 0 Å². The van der Waals surface area contributed by atoms with Gasteiger partial charge in [0.25, 0.3) is 0 Å². The van der Waals surface area contributed by atoms with Crippen LogP contribution in [0.2, 0.25) is 5.02 Å². The molecular weight excluding hydrogens is 248 g/mol. The number of pyridine rings is 1. The highest BCUT2D eigenvalue weighted by Crippen LogP contribution is 2.27. The minimum absolute atomic E-state index is 0.102. The first-order chi connectivity index (χ1) is 8.76. The normalized spacial score (nSPS) is 16.8. The Kier molecular flexibility index (Phi) is 4.84. The van der Waals surface area contributed by atoms with Gasteiger partial charge in [0.15, 0.2) is 0 Å². The number of nitrogens with zero attached hydrogens (tertiary/aromatic N) is 2. The first-order valence-electron chi connectivity index (χ1n) is 6.79. The number of rotatable bonds is 4. The van der Waals surface area contributed by atoms with Crippen LogP contribution in [0.1, 0.15) is 44.7 Å². The Labute approximate surface area is 114 Å². The molecule has 4 heteroatoms. The van der Waals surface area contributed by atoms with Gasteiger partial charge in [-0.1, -0.05) is 30.9 Å². The van der Waals surface area contributed by atoms with E-state index in [2.05, 4.69) is 16.8 Å². The molecule has 100 valence electrons. The monoisotopic (exact) mass is 268 g/mol. The molecule has 0 aliphatic heterocycles. The van der Waals surface area contributed by atoms with Gasteiger partial charge in [-0.2, -0.15) is 0 Å². The summed E-state index contributed by atoms with van der Waals surface area (Å²) >= 11 is 5.99. The van der Waals surface area contributed by atoms with Gasteiger partial charge in [-0.15, -0.1) is 0 Å². The summed E-state index contributed by atoms with van der Waals surface area (Å²) in [4.78, 5) is 6.82. The fourth-order valence-corrected chi connectivity index (χ4v) is 2.91. The van der Waals surface area contributed by atoms with E-state index < -0.39 is 0 Å². The van der Waals surface area contributed by atoms with E-state index >= 15 is 0 Å². The molecule has 1 aromatic heterocycles. The number of aromatic nitrogens is 1. The number of anilines is 1. The van der Waals surface area contributed by atoms with Crippen LogP contribution in [0.5, 0.6) is 0 Å². The number of aliphatic hydroxyl groups is 1. The smallest absolute Gasteiger partial charge is 0.129 e. The molecule has 3 nitrogen and oxygen atoms in total. The zero-order valence-corrected chi connectivity index (χ0v) is 11.7. The van der Waals surface area contributed by atoms with Crippen LogP contribution in [0.4, 0.5) is 5.82 Å². The molecule has 0 amide bonds. The first-order valence-corrected chi connectivity index (χ1v) is 7.17. The van der Waals surface area contributed by atoms with Crippen LogP contribution in [-0.2, 0) is 6.61 Å². The maximum Gasteiger partial charge on any atom is 0.129 e. The minimum atomic E-state index is -0.102. The molecular formula is C14H21ClN2O. The number of hydrogen-bond donors (Lipinski definition) is 1. The van der Waals surface area contributed by atoms with E-state index in [1.165, 1.54) is 32.1 Å². The van der Waals surface area contributed by atoms with Gasteiger partial charge in [0.2, 0.25) is 0 Å². The summed E-state index contributed by atoms with van der Waals surface area (Å²) in [6.45, 7) is 3.00. The molecule has 0 unspecified atom stereocenters. The van der Waals surface area contributed by atoms with Gasteiger partial charge < -0.3 is 10.0 Å². The van der Waals surface area contributed by atoms with E-state index in [4.69, 9.17) is 11.6 Å². The van der Waals surface area contributed by atoms with E-state index in [9.17, 15) is 5.11 Å². The summed E-state index contributed by atoms with van der Waals surface area (Å²) < 4.78 is 0. The van der Waals surface area contributed by atoms with E-state index in [1.807, 2.05) is 12.1 Å². The van der Waals surface area contributed by atoms with Gasteiger partial charge in [-0.25, -0.2) is 4.98 Å². The van der Waals surface area contributed by atoms with E-state index in [0.29, 0.717) is 16.8 Å². The summed E-state index contributed by atoms with van der Waals surface area (Å²) in [7, 11) is 0. The third-order valence-corrected chi connectivity index (χ3v) is 4.05. The van der Waals surface area contributed by atoms with Crippen molar-refractivity contribution in [2.75, 3.05) is 11.4 Å². The standard InChI is InChI=1S/C14H21ClN2O/c1-2-17(11-6-4-3-5-7-11)14-9-8-12(15)13(10-18)16-14/h8-9,11,18H,2-7,10H2,1H3. The molecule has 0 saturated heterocycles. The maximum atomic E-state index is 9.24. The van der Waals surface area contributed by atoms with Crippen LogP contribution in [0.15, 0.2) is 12.1 Å². The molecule has 1 saturated carbocycles. The van der Waals surface area contributed by atoms with Gasteiger partial charge in [-0.3, -0.25) is 0 Å². The van der Waals surface area contributed by atoms with Crippen molar-refractivity contribution in [1.29, 1.82) is 0 Å². The third kappa shape index (κ3) is 2.96. The van der Waals surface area contributed by atoms with Crippen LogP contribution in [0.3, 0.4) is 0 Å². The van der Waals surface area contributed by atoms with Crippen molar-refractivity contribution < 1.29 is 5.11 Å². The molecule has 1 aliphatic rings. The highest BCUT2D eigenvalue weighted by Gasteiger charge is 2.21. The molecule has 1 aromatic rings. The fraction of sp³-hybridized carbons (Fsp3) is 0.643. The minimum Gasteiger partial charge on any atom is -0.390 e. The summed E-state index contributed by atoms with van der Waals surface area (Å²) in [5.74, 6) is 0.942. The number of hydrogen-bond acceptors (Lipinski definition) is 3. The Morgan fingerprint density at radius 1 is 1.33 bits per heavy atom. The number of aliphatic hydroxyl groups excluding tert-OH is 1. The molecule has 18 heavy (non-hydrogen) atoms. The van der Waals surface area contributed by atoms with Crippen LogP contribution in [-0.4, -0.2) is 22.7 Å². The Morgan fingerprint density at radius 2 is 2.06 bits per heavy atom. The Hall–Kier alpha value is -0.800. The summed E-state index contributed by atoms with van der Waals surface area (Å²) in [5.41, 5.74) is 0.573. The van der Waals surface area contributed by atoms with Gasteiger partial charge in [0.1, 0.15) is 5.82 Å². The van der Waals surface area contributed by atoms with Crippen LogP contribution >= 0.6 is 11.6 Å². The quantitative estimate of drug-likeness (QED) is 0.909. The van der Waals surface area contributed by atoms with Gasteiger partial charge in [0.05, 0.1) is 17.3 Å². The second-order valence-electron chi connectivity index (χ2n) is 4.83. The molecule has 0 aromatic carbocycles. The van der Waals surface area contributed by atoms with Crippen LogP contribution < -0.4 is 4.90 Å². The summed E-state index contributed by atoms with van der Waals surface area (Å²) in [5, 5.41) is 9.78. The lowest BCUT2D eigenvalue weighted by atomic mass is 9.94. The maximum absolute atomic E-state index is 9.24. The molecule has 0 bridgehead atoms. The van der Waals surface area contributed by atoms with Crippen molar-refractivity contribution in [3.63, 3.8) is 0 Å². The second-order valence-corrected chi connectivity index (χ2v) is 5.24. The van der Waals surface area contributed by atoms with E-state index in [0.717, 1.165) is 12.4 Å². The zero-order chi connectivity index (χ0) is 13.0. The second kappa shape index (κ2) is 6.39. The summed E-state index contributed by atoms with van der Waals surface area (Å²) in [6, 6.07) is 4.38. The third-order valence-electron chi connectivity index (χ3n) is 3.70. The molecule has 0 radical (unpaired) electrons. The summed E-state index contributed by atoms with van der Waals surface area (Å²) in [6.07, 6.45) is 6.45. The topological polar surface area (TPSA) is 36.4 Å². The Balaban J connectivity index is 2.20. The van der Waals surface area contributed by atoms with Crippen molar-refractivity contribution in [2.24, 2.45) is 0 Å². The van der Waals surface area contributed by atoms with Gasteiger partial charge in [0, 0.05) is 12.6 Å². The molecule has 1 N–H and O–H groups in total. The molecule has 2 rings (SSSR count). The lowest BCUT2D eigenvalue weighted by Gasteiger charge is -2.34. The SMILES string of the molecule is CCN(c1ccc(Cl)c(CO)n1)C1CCCCC1.